The molecule has 0 aliphatic rings. The van der Waals surface area contributed by atoms with E-state index in [0.29, 0.717) is 12.1 Å². The summed E-state index contributed by atoms with van der Waals surface area (Å²) in [5, 5.41) is 0. The van der Waals surface area contributed by atoms with Gasteiger partial charge in [0.05, 0.1) is 6.61 Å². The number of rotatable bonds is 7. The van der Waals surface area contributed by atoms with Gasteiger partial charge >= 0.3 is 0 Å². The van der Waals surface area contributed by atoms with Gasteiger partial charge in [-0.25, -0.2) is 0 Å². The summed E-state index contributed by atoms with van der Waals surface area (Å²) < 4.78 is 5.37. The van der Waals surface area contributed by atoms with Crippen LogP contribution in [0.5, 0.6) is 0 Å². The SMILES string of the molecule is COC[C@H](C)N(Cc1ccccc1)[C@H](C)c1ccccc1. The second-order valence-corrected chi connectivity index (χ2v) is 5.55. The second-order valence-electron chi connectivity index (χ2n) is 5.55. The maximum atomic E-state index is 5.37. The standard InChI is InChI=1S/C19H25NO/c1-16(15-21-3)20(14-18-10-6-4-7-11-18)17(2)19-12-8-5-9-13-19/h4-13,16-17H,14-15H2,1-3H3/t16-,17+/m0/s1. The molecule has 0 radical (unpaired) electrons. The monoisotopic (exact) mass is 283 g/mol. The van der Waals surface area contributed by atoms with Crippen LogP contribution >= 0.6 is 0 Å². The smallest absolute Gasteiger partial charge is 0.0615 e. The van der Waals surface area contributed by atoms with Crippen LogP contribution in [0.15, 0.2) is 60.7 Å². The first-order chi connectivity index (χ1) is 10.2. The van der Waals surface area contributed by atoms with E-state index < -0.39 is 0 Å². The number of benzene rings is 2. The third-order valence-corrected chi connectivity index (χ3v) is 3.96. The zero-order valence-electron chi connectivity index (χ0n) is 13.2. The Bertz CT molecular complexity index is 512. The first kappa shape index (κ1) is 15.7. The molecule has 21 heavy (non-hydrogen) atoms. The van der Waals surface area contributed by atoms with E-state index in [0.717, 1.165) is 13.2 Å². The Hall–Kier alpha value is -1.64. The lowest BCUT2D eigenvalue weighted by atomic mass is 10.0. The van der Waals surface area contributed by atoms with Crippen LogP contribution in [0.4, 0.5) is 0 Å². The summed E-state index contributed by atoms with van der Waals surface area (Å²) >= 11 is 0. The fourth-order valence-electron chi connectivity index (χ4n) is 2.73. The molecule has 0 heterocycles. The van der Waals surface area contributed by atoms with Gasteiger partial charge < -0.3 is 4.74 Å². The number of methoxy groups -OCH3 is 1. The largest absolute Gasteiger partial charge is 0.383 e. The first-order valence-corrected chi connectivity index (χ1v) is 7.56. The lowest BCUT2D eigenvalue weighted by molar-refractivity contribution is 0.0683. The van der Waals surface area contributed by atoms with Gasteiger partial charge in [0.1, 0.15) is 0 Å². The molecule has 2 aromatic carbocycles. The highest BCUT2D eigenvalue weighted by Gasteiger charge is 2.21. The molecule has 0 saturated carbocycles. The van der Waals surface area contributed by atoms with E-state index in [9.17, 15) is 0 Å². The minimum atomic E-state index is 0.358. The first-order valence-electron chi connectivity index (χ1n) is 7.56. The van der Waals surface area contributed by atoms with E-state index >= 15 is 0 Å². The van der Waals surface area contributed by atoms with E-state index in [4.69, 9.17) is 4.74 Å². The van der Waals surface area contributed by atoms with Crippen molar-refractivity contribution in [3.63, 3.8) is 0 Å². The van der Waals surface area contributed by atoms with Gasteiger partial charge in [0.25, 0.3) is 0 Å². The van der Waals surface area contributed by atoms with Crippen LogP contribution in [0.3, 0.4) is 0 Å². The van der Waals surface area contributed by atoms with Gasteiger partial charge in [-0.3, -0.25) is 4.90 Å². The fourth-order valence-corrected chi connectivity index (χ4v) is 2.73. The van der Waals surface area contributed by atoms with Crippen molar-refractivity contribution in [3.05, 3.63) is 71.8 Å². The summed E-state index contributed by atoms with van der Waals surface area (Å²) in [5.74, 6) is 0. The van der Waals surface area contributed by atoms with Gasteiger partial charge in [0, 0.05) is 25.7 Å². The summed E-state index contributed by atoms with van der Waals surface area (Å²) in [4.78, 5) is 2.49. The van der Waals surface area contributed by atoms with Gasteiger partial charge in [-0.1, -0.05) is 60.7 Å². The molecule has 2 atom stereocenters. The van der Waals surface area contributed by atoms with Gasteiger partial charge in [0.15, 0.2) is 0 Å². The Morgan fingerprint density at radius 3 is 2.05 bits per heavy atom. The number of nitrogens with zero attached hydrogens (tertiary/aromatic N) is 1. The Morgan fingerprint density at radius 1 is 0.905 bits per heavy atom. The van der Waals surface area contributed by atoms with E-state index in [1.54, 1.807) is 7.11 Å². The average Bonchev–Trinajstić information content (AvgIpc) is 2.54. The molecule has 0 aliphatic carbocycles. The van der Waals surface area contributed by atoms with Gasteiger partial charge in [-0.15, -0.1) is 0 Å². The van der Waals surface area contributed by atoms with Crippen LogP contribution < -0.4 is 0 Å². The minimum Gasteiger partial charge on any atom is -0.383 e. The molecule has 2 heteroatoms. The highest BCUT2D eigenvalue weighted by Crippen LogP contribution is 2.24. The lowest BCUT2D eigenvalue weighted by Gasteiger charge is -2.34. The van der Waals surface area contributed by atoms with Crippen molar-refractivity contribution < 1.29 is 4.74 Å². The number of hydrogen-bond donors (Lipinski definition) is 0. The van der Waals surface area contributed by atoms with Crippen LogP contribution in [0.1, 0.15) is 31.0 Å². The van der Waals surface area contributed by atoms with E-state index in [1.165, 1.54) is 11.1 Å². The molecular weight excluding hydrogens is 258 g/mol. The molecule has 0 N–H and O–H groups in total. The average molecular weight is 283 g/mol. The topological polar surface area (TPSA) is 12.5 Å². The maximum absolute atomic E-state index is 5.37. The Balaban J connectivity index is 2.19. The Labute approximate surface area is 128 Å². The molecule has 0 unspecified atom stereocenters. The van der Waals surface area contributed by atoms with E-state index in [-0.39, 0.29) is 0 Å². The molecule has 0 aromatic heterocycles. The predicted molar refractivity (Wildman–Crippen MR) is 88.2 cm³/mol. The summed E-state index contributed by atoms with van der Waals surface area (Å²) in [5.41, 5.74) is 2.68. The summed E-state index contributed by atoms with van der Waals surface area (Å²) in [7, 11) is 1.77. The zero-order chi connectivity index (χ0) is 15.1. The van der Waals surface area contributed by atoms with Crippen LogP contribution in [0.2, 0.25) is 0 Å². The van der Waals surface area contributed by atoms with Gasteiger partial charge in [0.2, 0.25) is 0 Å². The van der Waals surface area contributed by atoms with Crippen molar-refractivity contribution in [1.29, 1.82) is 0 Å². The lowest BCUT2D eigenvalue weighted by Crippen LogP contribution is -2.37. The second kappa shape index (κ2) is 7.96. The highest BCUT2D eigenvalue weighted by molar-refractivity contribution is 5.20. The molecule has 2 rings (SSSR count). The van der Waals surface area contributed by atoms with Crippen molar-refractivity contribution >= 4 is 0 Å². The third kappa shape index (κ3) is 4.42. The molecular formula is C19H25NO. The number of hydrogen-bond acceptors (Lipinski definition) is 2. The van der Waals surface area contributed by atoms with E-state index in [1.807, 2.05) is 0 Å². The summed E-state index contributed by atoms with van der Waals surface area (Å²) in [6, 6.07) is 22.0. The van der Waals surface area contributed by atoms with Gasteiger partial charge in [-0.05, 0) is 25.0 Å². The Morgan fingerprint density at radius 2 is 1.48 bits per heavy atom. The predicted octanol–water partition coefficient (Wildman–Crippen LogP) is 4.28. The zero-order valence-corrected chi connectivity index (χ0v) is 13.2. The summed E-state index contributed by atoms with van der Waals surface area (Å²) in [6.07, 6.45) is 0. The van der Waals surface area contributed by atoms with Gasteiger partial charge in [-0.2, -0.15) is 0 Å². The molecule has 112 valence electrons. The molecule has 0 amide bonds. The normalized spacial score (nSPS) is 14.1. The molecule has 0 bridgehead atoms. The molecule has 0 aliphatic heterocycles. The summed E-state index contributed by atoms with van der Waals surface area (Å²) in [6.45, 7) is 6.17. The molecule has 0 fully saturated rings. The quantitative estimate of drug-likeness (QED) is 0.752. The molecule has 0 spiro atoms. The maximum Gasteiger partial charge on any atom is 0.0615 e. The van der Waals surface area contributed by atoms with Crippen LogP contribution in [0.25, 0.3) is 0 Å². The fraction of sp³-hybridized carbons (Fsp3) is 0.368. The van der Waals surface area contributed by atoms with Crippen LogP contribution in [0, 0.1) is 0 Å². The van der Waals surface area contributed by atoms with Crippen LogP contribution in [-0.2, 0) is 11.3 Å². The minimum absolute atomic E-state index is 0.358. The van der Waals surface area contributed by atoms with Crippen molar-refractivity contribution in [2.24, 2.45) is 0 Å². The van der Waals surface area contributed by atoms with E-state index in [2.05, 4.69) is 79.4 Å². The third-order valence-electron chi connectivity index (χ3n) is 3.96. The van der Waals surface area contributed by atoms with Crippen molar-refractivity contribution in [2.75, 3.05) is 13.7 Å². The van der Waals surface area contributed by atoms with Crippen LogP contribution in [-0.4, -0.2) is 24.7 Å². The number of ether oxygens (including phenoxy) is 1. The molecule has 2 nitrogen and oxygen atoms in total. The highest BCUT2D eigenvalue weighted by atomic mass is 16.5. The van der Waals surface area contributed by atoms with Crippen molar-refractivity contribution in [1.82, 2.24) is 4.90 Å². The van der Waals surface area contributed by atoms with Crippen molar-refractivity contribution in [3.8, 4) is 0 Å². The molecule has 0 saturated heterocycles. The van der Waals surface area contributed by atoms with Crippen molar-refractivity contribution in [2.45, 2.75) is 32.5 Å². The Kier molecular flexibility index (Phi) is 5.97. The molecule has 2 aromatic rings.